The lowest BCUT2D eigenvalue weighted by atomic mass is 10.1. The van der Waals surface area contributed by atoms with Crippen LogP contribution in [0.4, 0.5) is 0 Å². The molecule has 1 heterocycles. The molecule has 0 bridgehead atoms. The quantitative estimate of drug-likeness (QED) is 0.635. The summed E-state index contributed by atoms with van der Waals surface area (Å²) in [6, 6.07) is 14.8. The molecule has 0 saturated carbocycles. The van der Waals surface area contributed by atoms with Gasteiger partial charge in [-0.2, -0.15) is 0 Å². The number of H-pyrrole nitrogens is 1. The Morgan fingerprint density at radius 1 is 1.09 bits per heavy atom. The van der Waals surface area contributed by atoms with Crippen LogP contribution in [0, 0.1) is 6.92 Å². The topological polar surface area (TPSA) is 65.1 Å². The Morgan fingerprint density at radius 3 is 2.61 bits per heavy atom. The highest BCUT2D eigenvalue weighted by molar-refractivity contribution is 5.79. The molecule has 3 aromatic rings. The number of phenolic OH excluding ortho intramolecular Hbond substituents is 1. The number of pyridine rings is 1. The van der Waals surface area contributed by atoms with Crippen LogP contribution in [-0.4, -0.2) is 16.6 Å². The molecule has 0 spiro atoms. The van der Waals surface area contributed by atoms with E-state index in [0.717, 1.165) is 35.1 Å². The van der Waals surface area contributed by atoms with Gasteiger partial charge in [0.1, 0.15) is 5.75 Å². The molecule has 0 aliphatic carbocycles. The number of aromatic nitrogens is 1. The van der Waals surface area contributed by atoms with Gasteiger partial charge in [0.05, 0.1) is 0 Å². The van der Waals surface area contributed by atoms with E-state index in [1.54, 1.807) is 12.1 Å². The van der Waals surface area contributed by atoms with Gasteiger partial charge in [-0.25, -0.2) is 0 Å². The minimum absolute atomic E-state index is 0.0923. The zero-order valence-electron chi connectivity index (χ0n) is 13.1. The lowest BCUT2D eigenvalue weighted by Gasteiger charge is -2.10. The summed E-state index contributed by atoms with van der Waals surface area (Å²) < 4.78 is 0. The lowest BCUT2D eigenvalue weighted by Crippen LogP contribution is -2.21. The molecule has 3 rings (SSSR count). The molecule has 4 nitrogen and oxygen atoms in total. The second-order valence-corrected chi connectivity index (χ2v) is 5.70. The number of rotatable bonds is 5. The largest absolute Gasteiger partial charge is 0.508 e. The Balaban J connectivity index is 1.66. The first kappa shape index (κ1) is 15.3. The van der Waals surface area contributed by atoms with Crippen LogP contribution in [0.3, 0.4) is 0 Å². The van der Waals surface area contributed by atoms with Crippen molar-refractivity contribution in [1.82, 2.24) is 10.3 Å². The number of phenols is 1. The van der Waals surface area contributed by atoms with Crippen LogP contribution in [0.1, 0.15) is 16.8 Å². The summed E-state index contributed by atoms with van der Waals surface area (Å²) in [5.41, 5.74) is 3.83. The highest BCUT2D eigenvalue weighted by Gasteiger charge is 2.07. The summed E-state index contributed by atoms with van der Waals surface area (Å²) in [6.07, 6.45) is 0.872. The SMILES string of the molecule is Cc1c(CNCCc2ccc(O)cc2)[nH]c2ccccc2c1=O. The van der Waals surface area contributed by atoms with Gasteiger partial charge in [-0.05, 0) is 49.7 Å². The second-order valence-electron chi connectivity index (χ2n) is 5.70. The van der Waals surface area contributed by atoms with Crippen molar-refractivity contribution in [3.8, 4) is 5.75 Å². The summed E-state index contributed by atoms with van der Waals surface area (Å²) in [6.45, 7) is 3.30. The summed E-state index contributed by atoms with van der Waals surface area (Å²) in [7, 11) is 0. The smallest absolute Gasteiger partial charge is 0.192 e. The number of aromatic amines is 1. The van der Waals surface area contributed by atoms with Gasteiger partial charge in [-0.1, -0.05) is 24.3 Å². The molecule has 0 aliphatic heterocycles. The van der Waals surface area contributed by atoms with Gasteiger partial charge in [-0.15, -0.1) is 0 Å². The fraction of sp³-hybridized carbons (Fsp3) is 0.211. The van der Waals surface area contributed by atoms with Crippen LogP contribution < -0.4 is 10.7 Å². The van der Waals surface area contributed by atoms with Crippen molar-refractivity contribution in [2.75, 3.05) is 6.54 Å². The number of hydrogen-bond acceptors (Lipinski definition) is 3. The standard InChI is InChI=1S/C19H20N2O2/c1-13-18(21-17-5-3-2-4-16(17)19(13)23)12-20-11-10-14-6-8-15(22)9-7-14/h2-9,20,22H,10-12H2,1H3,(H,21,23). The van der Waals surface area contributed by atoms with E-state index < -0.39 is 0 Å². The lowest BCUT2D eigenvalue weighted by molar-refractivity contribution is 0.475. The van der Waals surface area contributed by atoms with Crippen molar-refractivity contribution < 1.29 is 5.11 Å². The first-order chi connectivity index (χ1) is 11.1. The molecule has 4 heteroatoms. The maximum atomic E-state index is 12.4. The van der Waals surface area contributed by atoms with E-state index in [1.165, 1.54) is 5.56 Å². The Morgan fingerprint density at radius 2 is 1.83 bits per heavy atom. The molecule has 3 N–H and O–H groups in total. The predicted molar refractivity (Wildman–Crippen MR) is 92.8 cm³/mol. The maximum Gasteiger partial charge on any atom is 0.192 e. The van der Waals surface area contributed by atoms with Gasteiger partial charge in [0, 0.05) is 28.7 Å². The number of benzene rings is 2. The van der Waals surface area contributed by atoms with E-state index in [0.29, 0.717) is 6.54 Å². The molecule has 1 aromatic heterocycles. The zero-order valence-corrected chi connectivity index (χ0v) is 13.1. The van der Waals surface area contributed by atoms with E-state index in [1.807, 2.05) is 43.3 Å². The molecule has 0 aliphatic rings. The van der Waals surface area contributed by atoms with Crippen LogP contribution >= 0.6 is 0 Å². The first-order valence-electron chi connectivity index (χ1n) is 7.74. The minimum Gasteiger partial charge on any atom is -0.508 e. The van der Waals surface area contributed by atoms with Crippen molar-refractivity contribution in [3.05, 3.63) is 75.6 Å². The molecule has 0 unspecified atom stereocenters. The molecule has 2 aromatic carbocycles. The Bertz CT molecular complexity index is 867. The third-order valence-electron chi connectivity index (χ3n) is 4.08. The van der Waals surface area contributed by atoms with Gasteiger partial charge < -0.3 is 15.4 Å². The monoisotopic (exact) mass is 308 g/mol. The zero-order chi connectivity index (χ0) is 16.2. The fourth-order valence-corrected chi connectivity index (χ4v) is 2.67. The summed E-state index contributed by atoms with van der Waals surface area (Å²) in [5, 5.41) is 13.4. The highest BCUT2D eigenvalue weighted by Crippen LogP contribution is 2.11. The third-order valence-corrected chi connectivity index (χ3v) is 4.08. The third kappa shape index (κ3) is 3.43. The van der Waals surface area contributed by atoms with Crippen molar-refractivity contribution in [1.29, 1.82) is 0 Å². The molecule has 0 fully saturated rings. The molecule has 23 heavy (non-hydrogen) atoms. The van der Waals surface area contributed by atoms with Crippen LogP contribution in [0.5, 0.6) is 5.75 Å². The van der Waals surface area contributed by atoms with E-state index in [4.69, 9.17) is 0 Å². The average molecular weight is 308 g/mol. The van der Waals surface area contributed by atoms with E-state index in [-0.39, 0.29) is 11.2 Å². The average Bonchev–Trinajstić information content (AvgIpc) is 2.57. The minimum atomic E-state index is 0.0923. The van der Waals surface area contributed by atoms with Gasteiger partial charge in [0.25, 0.3) is 0 Å². The molecular formula is C19H20N2O2. The van der Waals surface area contributed by atoms with Gasteiger partial charge in [0.15, 0.2) is 5.43 Å². The van der Waals surface area contributed by atoms with Crippen LogP contribution in [0.15, 0.2) is 53.3 Å². The predicted octanol–water partition coefficient (Wildman–Crippen LogP) is 2.87. The van der Waals surface area contributed by atoms with Crippen LogP contribution in [0.25, 0.3) is 10.9 Å². The fourth-order valence-electron chi connectivity index (χ4n) is 2.67. The number of nitrogens with one attached hydrogen (secondary N) is 2. The molecule has 118 valence electrons. The second kappa shape index (κ2) is 6.67. The van der Waals surface area contributed by atoms with Crippen molar-refractivity contribution in [3.63, 3.8) is 0 Å². The van der Waals surface area contributed by atoms with Crippen LogP contribution in [-0.2, 0) is 13.0 Å². The van der Waals surface area contributed by atoms with E-state index in [9.17, 15) is 9.90 Å². The van der Waals surface area contributed by atoms with Gasteiger partial charge >= 0.3 is 0 Å². The summed E-state index contributed by atoms with van der Waals surface area (Å²) in [4.78, 5) is 15.7. The number of hydrogen-bond donors (Lipinski definition) is 3. The Hall–Kier alpha value is -2.59. The molecule has 0 radical (unpaired) electrons. The van der Waals surface area contributed by atoms with Crippen LogP contribution in [0.2, 0.25) is 0 Å². The summed E-state index contributed by atoms with van der Waals surface area (Å²) in [5.74, 6) is 0.283. The molecular weight excluding hydrogens is 288 g/mol. The van der Waals surface area contributed by atoms with Crippen molar-refractivity contribution in [2.45, 2.75) is 19.9 Å². The molecule has 0 saturated heterocycles. The van der Waals surface area contributed by atoms with Crippen molar-refractivity contribution >= 4 is 10.9 Å². The first-order valence-corrected chi connectivity index (χ1v) is 7.74. The van der Waals surface area contributed by atoms with Gasteiger partial charge in [0.2, 0.25) is 0 Å². The summed E-state index contributed by atoms with van der Waals surface area (Å²) >= 11 is 0. The highest BCUT2D eigenvalue weighted by atomic mass is 16.3. The molecule has 0 atom stereocenters. The molecule has 0 amide bonds. The maximum absolute atomic E-state index is 12.4. The Kier molecular flexibility index (Phi) is 4.44. The number of fused-ring (bicyclic) bond motifs is 1. The van der Waals surface area contributed by atoms with E-state index in [2.05, 4.69) is 10.3 Å². The number of aromatic hydroxyl groups is 1. The van der Waals surface area contributed by atoms with Crippen molar-refractivity contribution in [2.24, 2.45) is 0 Å². The Labute approximate surface area is 134 Å². The van der Waals surface area contributed by atoms with E-state index >= 15 is 0 Å². The normalized spacial score (nSPS) is 11.0. The number of para-hydroxylation sites is 1. The van der Waals surface area contributed by atoms with Gasteiger partial charge in [-0.3, -0.25) is 4.79 Å².